The fourth-order valence-corrected chi connectivity index (χ4v) is 2.86. The maximum absolute atomic E-state index is 9.82. The first-order chi connectivity index (χ1) is 9.63. The third-order valence-electron chi connectivity index (χ3n) is 4.18. The van der Waals surface area contributed by atoms with Crippen LogP contribution in [0.25, 0.3) is 5.65 Å². The summed E-state index contributed by atoms with van der Waals surface area (Å²) in [6.45, 7) is 5.11. The zero-order chi connectivity index (χ0) is 14.1. The number of fused-ring (bicyclic) bond motifs is 1. The largest absolute Gasteiger partial charge is 0.392 e. The molecule has 20 heavy (non-hydrogen) atoms. The van der Waals surface area contributed by atoms with Gasteiger partial charge < -0.3 is 14.8 Å². The Morgan fingerprint density at radius 1 is 1.45 bits per heavy atom. The number of hydrogen-bond donors (Lipinski definition) is 2. The molecule has 2 aromatic rings. The van der Waals surface area contributed by atoms with E-state index in [0.29, 0.717) is 5.92 Å². The van der Waals surface area contributed by atoms with E-state index >= 15 is 0 Å². The first-order valence-corrected chi connectivity index (χ1v) is 7.52. The quantitative estimate of drug-likeness (QED) is 0.899. The molecule has 0 amide bonds. The number of rotatable bonds is 4. The Bertz CT molecular complexity index is 590. The van der Waals surface area contributed by atoms with E-state index in [0.717, 1.165) is 37.1 Å². The molecule has 3 rings (SSSR count). The second kappa shape index (κ2) is 5.54. The van der Waals surface area contributed by atoms with Gasteiger partial charge in [-0.05, 0) is 42.9 Å². The first kappa shape index (κ1) is 13.6. The highest BCUT2D eigenvalue weighted by molar-refractivity contribution is 5.43. The summed E-state index contributed by atoms with van der Waals surface area (Å²) in [5, 5.41) is 13.3. The Labute approximate surface area is 119 Å². The summed E-state index contributed by atoms with van der Waals surface area (Å²) in [5.41, 5.74) is 3.35. The lowest BCUT2D eigenvalue weighted by Gasteiger charge is -2.16. The number of hydrogen-bond acceptors (Lipinski definition) is 3. The third kappa shape index (κ3) is 2.72. The van der Waals surface area contributed by atoms with Gasteiger partial charge >= 0.3 is 0 Å². The van der Waals surface area contributed by atoms with Crippen LogP contribution in [0.5, 0.6) is 0 Å². The van der Waals surface area contributed by atoms with Crippen molar-refractivity contribution < 1.29 is 5.11 Å². The highest BCUT2D eigenvalue weighted by atomic mass is 16.3. The van der Waals surface area contributed by atoms with Gasteiger partial charge in [-0.2, -0.15) is 0 Å². The number of pyridine rings is 1. The maximum atomic E-state index is 9.82. The molecule has 2 atom stereocenters. The van der Waals surface area contributed by atoms with E-state index in [1.165, 1.54) is 5.56 Å². The molecule has 0 aliphatic heterocycles. The Morgan fingerprint density at radius 3 is 3.00 bits per heavy atom. The zero-order valence-electron chi connectivity index (χ0n) is 12.2. The SMILES string of the molecule is CC(C)c1cn2ccc(CN[C@H]3CCC[C@@H]3O)cc2n1. The summed E-state index contributed by atoms with van der Waals surface area (Å²) < 4.78 is 2.07. The van der Waals surface area contributed by atoms with E-state index in [2.05, 4.69) is 53.1 Å². The molecule has 1 aliphatic rings. The summed E-state index contributed by atoms with van der Waals surface area (Å²) >= 11 is 0. The molecule has 0 radical (unpaired) electrons. The molecule has 1 saturated carbocycles. The Balaban J connectivity index is 1.72. The Morgan fingerprint density at radius 2 is 2.30 bits per heavy atom. The Kier molecular flexibility index (Phi) is 3.76. The molecule has 1 aliphatic carbocycles. The first-order valence-electron chi connectivity index (χ1n) is 7.52. The molecule has 0 bridgehead atoms. The van der Waals surface area contributed by atoms with Crippen LogP contribution >= 0.6 is 0 Å². The molecule has 1 fully saturated rings. The molecule has 0 saturated heterocycles. The average molecular weight is 273 g/mol. The highest BCUT2D eigenvalue weighted by Crippen LogP contribution is 2.20. The molecular formula is C16H23N3O. The smallest absolute Gasteiger partial charge is 0.137 e. The van der Waals surface area contributed by atoms with Crippen LogP contribution < -0.4 is 5.32 Å². The van der Waals surface area contributed by atoms with Crippen LogP contribution in [0.1, 0.15) is 50.3 Å². The fraction of sp³-hybridized carbons (Fsp3) is 0.562. The summed E-state index contributed by atoms with van der Waals surface area (Å²) in [4.78, 5) is 4.65. The predicted octanol–water partition coefficient (Wildman–Crippen LogP) is 2.46. The summed E-state index contributed by atoms with van der Waals surface area (Å²) in [5.74, 6) is 0.449. The molecule has 2 N–H and O–H groups in total. The van der Waals surface area contributed by atoms with E-state index in [-0.39, 0.29) is 12.1 Å². The van der Waals surface area contributed by atoms with Gasteiger partial charge in [-0.1, -0.05) is 13.8 Å². The predicted molar refractivity (Wildman–Crippen MR) is 79.8 cm³/mol. The second-order valence-electron chi connectivity index (χ2n) is 6.11. The maximum Gasteiger partial charge on any atom is 0.137 e. The molecule has 2 aromatic heterocycles. The minimum Gasteiger partial charge on any atom is -0.392 e. The van der Waals surface area contributed by atoms with Gasteiger partial charge in [0.15, 0.2) is 0 Å². The van der Waals surface area contributed by atoms with Crippen molar-refractivity contribution in [3.63, 3.8) is 0 Å². The van der Waals surface area contributed by atoms with Crippen molar-refractivity contribution in [1.29, 1.82) is 0 Å². The van der Waals surface area contributed by atoms with Crippen molar-refractivity contribution in [2.24, 2.45) is 0 Å². The monoisotopic (exact) mass is 273 g/mol. The fourth-order valence-electron chi connectivity index (χ4n) is 2.86. The van der Waals surface area contributed by atoms with Crippen LogP contribution in [-0.4, -0.2) is 26.6 Å². The topological polar surface area (TPSA) is 49.6 Å². The summed E-state index contributed by atoms with van der Waals surface area (Å²) in [6.07, 6.45) is 7.10. The van der Waals surface area contributed by atoms with Crippen molar-refractivity contribution in [1.82, 2.24) is 14.7 Å². The number of aliphatic hydroxyl groups excluding tert-OH is 1. The van der Waals surface area contributed by atoms with Gasteiger partial charge in [0.1, 0.15) is 5.65 Å². The number of imidazole rings is 1. The lowest BCUT2D eigenvalue weighted by molar-refractivity contribution is 0.148. The van der Waals surface area contributed by atoms with Gasteiger partial charge in [0.05, 0.1) is 11.8 Å². The normalized spacial score (nSPS) is 23.0. The molecule has 108 valence electrons. The van der Waals surface area contributed by atoms with Crippen molar-refractivity contribution in [3.8, 4) is 0 Å². The number of nitrogens with zero attached hydrogens (tertiary/aromatic N) is 2. The standard InChI is InChI=1S/C16H23N3O/c1-11(2)14-10-19-7-6-12(8-16(19)18-14)9-17-13-4-3-5-15(13)20/h6-8,10-11,13,15,17,20H,3-5,9H2,1-2H3/t13-,15-/m0/s1. The zero-order valence-corrected chi connectivity index (χ0v) is 12.2. The summed E-state index contributed by atoms with van der Waals surface area (Å²) in [6, 6.07) is 4.49. The van der Waals surface area contributed by atoms with E-state index in [1.54, 1.807) is 0 Å². The van der Waals surface area contributed by atoms with Gasteiger partial charge in [0, 0.05) is 25.0 Å². The minimum absolute atomic E-state index is 0.183. The van der Waals surface area contributed by atoms with Crippen LogP contribution in [0.4, 0.5) is 0 Å². The van der Waals surface area contributed by atoms with Crippen LogP contribution in [-0.2, 0) is 6.54 Å². The van der Waals surface area contributed by atoms with Crippen molar-refractivity contribution in [3.05, 3.63) is 35.8 Å². The lowest BCUT2D eigenvalue weighted by Crippen LogP contribution is -2.35. The van der Waals surface area contributed by atoms with Crippen LogP contribution in [0.3, 0.4) is 0 Å². The van der Waals surface area contributed by atoms with Gasteiger partial charge in [-0.15, -0.1) is 0 Å². The van der Waals surface area contributed by atoms with E-state index in [1.807, 2.05) is 0 Å². The molecule has 4 nitrogen and oxygen atoms in total. The van der Waals surface area contributed by atoms with Crippen molar-refractivity contribution in [2.45, 2.75) is 57.7 Å². The van der Waals surface area contributed by atoms with E-state index in [9.17, 15) is 5.11 Å². The third-order valence-corrected chi connectivity index (χ3v) is 4.18. The second-order valence-corrected chi connectivity index (χ2v) is 6.11. The molecule has 2 heterocycles. The lowest BCUT2D eigenvalue weighted by atomic mass is 10.2. The molecular weight excluding hydrogens is 250 g/mol. The van der Waals surface area contributed by atoms with Crippen LogP contribution in [0.15, 0.2) is 24.5 Å². The average Bonchev–Trinajstić information content (AvgIpc) is 3.01. The minimum atomic E-state index is -0.183. The Hall–Kier alpha value is -1.39. The summed E-state index contributed by atoms with van der Waals surface area (Å²) in [7, 11) is 0. The molecule has 4 heteroatoms. The van der Waals surface area contributed by atoms with E-state index in [4.69, 9.17) is 0 Å². The van der Waals surface area contributed by atoms with Gasteiger partial charge in [-0.3, -0.25) is 0 Å². The van der Waals surface area contributed by atoms with Crippen LogP contribution in [0, 0.1) is 0 Å². The number of aliphatic hydroxyl groups is 1. The van der Waals surface area contributed by atoms with Crippen molar-refractivity contribution >= 4 is 5.65 Å². The number of nitrogens with one attached hydrogen (secondary N) is 1. The number of aromatic nitrogens is 2. The van der Waals surface area contributed by atoms with E-state index < -0.39 is 0 Å². The molecule has 0 aromatic carbocycles. The molecule has 0 spiro atoms. The van der Waals surface area contributed by atoms with Crippen LogP contribution in [0.2, 0.25) is 0 Å². The van der Waals surface area contributed by atoms with Gasteiger partial charge in [0.2, 0.25) is 0 Å². The highest BCUT2D eigenvalue weighted by Gasteiger charge is 2.24. The van der Waals surface area contributed by atoms with Crippen molar-refractivity contribution in [2.75, 3.05) is 0 Å². The molecule has 0 unspecified atom stereocenters. The van der Waals surface area contributed by atoms with Gasteiger partial charge in [0.25, 0.3) is 0 Å². The van der Waals surface area contributed by atoms with Gasteiger partial charge in [-0.25, -0.2) is 4.98 Å².